The van der Waals surface area contributed by atoms with Crippen LogP contribution in [0.4, 0.5) is 5.69 Å². The fourth-order valence-corrected chi connectivity index (χ4v) is 3.99. The van der Waals surface area contributed by atoms with E-state index in [4.69, 9.17) is 26.8 Å². The molecule has 1 aliphatic heterocycles. The van der Waals surface area contributed by atoms with E-state index in [2.05, 4.69) is 5.32 Å². The van der Waals surface area contributed by atoms with Gasteiger partial charge in [0.1, 0.15) is 28.9 Å². The summed E-state index contributed by atoms with van der Waals surface area (Å²) in [5, 5.41) is 14.0. The minimum Gasteiger partial charge on any atom is -0.458 e. The summed E-state index contributed by atoms with van der Waals surface area (Å²) in [6, 6.07) is 10.6. The predicted molar refractivity (Wildman–Crippen MR) is 134 cm³/mol. The van der Waals surface area contributed by atoms with Gasteiger partial charge in [0.05, 0.1) is 24.6 Å². The van der Waals surface area contributed by atoms with Gasteiger partial charge in [0.15, 0.2) is 0 Å². The predicted octanol–water partition coefficient (Wildman–Crippen LogP) is 2.85. The highest BCUT2D eigenvalue weighted by Crippen LogP contribution is 2.33. The molecule has 0 bridgehead atoms. The maximum Gasteiger partial charge on any atom is 0.330 e. The van der Waals surface area contributed by atoms with Crippen LogP contribution in [0.15, 0.2) is 48.5 Å². The first-order valence-corrected chi connectivity index (χ1v) is 11.9. The first-order chi connectivity index (χ1) is 17.4. The Labute approximate surface area is 219 Å². The van der Waals surface area contributed by atoms with Gasteiger partial charge in [0, 0.05) is 11.6 Å². The van der Waals surface area contributed by atoms with Crippen molar-refractivity contribution >= 4 is 35.1 Å². The smallest absolute Gasteiger partial charge is 0.330 e. The van der Waals surface area contributed by atoms with Crippen LogP contribution in [0.3, 0.4) is 0 Å². The molecule has 3 rings (SSSR count). The normalized spacial score (nSPS) is 18.6. The maximum atomic E-state index is 13.6. The van der Waals surface area contributed by atoms with Gasteiger partial charge in [-0.25, -0.2) is 4.79 Å². The van der Waals surface area contributed by atoms with Crippen molar-refractivity contribution in [2.75, 3.05) is 6.61 Å². The third-order valence-corrected chi connectivity index (χ3v) is 5.75. The number of amides is 2. The number of hydrogen-bond donors (Lipinski definition) is 2. The summed E-state index contributed by atoms with van der Waals surface area (Å²) in [6.45, 7) is 5.00. The SMILES string of the molecule is CC(C)(C)OC(=O)[C@@H]1CC(=O)N[C@H](c2ccc(Cl)c([N+](=O)[O-])c2)N1C(=O)[C@@H](N)COCc1ccccc1. The van der Waals surface area contributed by atoms with E-state index < -0.39 is 52.2 Å². The molecule has 0 radical (unpaired) electrons. The van der Waals surface area contributed by atoms with E-state index in [1.54, 1.807) is 20.8 Å². The van der Waals surface area contributed by atoms with Crippen LogP contribution in [0, 0.1) is 10.1 Å². The summed E-state index contributed by atoms with van der Waals surface area (Å²) in [5.41, 5.74) is 5.90. The molecule has 0 unspecified atom stereocenters. The fraction of sp³-hybridized carbons (Fsp3) is 0.400. The molecular formula is C25H29ClN4O7. The maximum absolute atomic E-state index is 13.6. The van der Waals surface area contributed by atoms with Gasteiger partial charge in [-0.15, -0.1) is 0 Å². The zero-order valence-corrected chi connectivity index (χ0v) is 21.4. The molecule has 11 nitrogen and oxygen atoms in total. The van der Waals surface area contributed by atoms with Crippen molar-refractivity contribution in [1.82, 2.24) is 10.2 Å². The van der Waals surface area contributed by atoms with Crippen molar-refractivity contribution in [3.8, 4) is 0 Å². The summed E-state index contributed by atoms with van der Waals surface area (Å²) in [4.78, 5) is 51.2. The lowest BCUT2D eigenvalue weighted by Crippen LogP contribution is -2.62. The Morgan fingerprint density at radius 3 is 2.54 bits per heavy atom. The summed E-state index contributed by atoms with van der Waals surface area (Å²) >= 11 is 5.95. The van der Waals surface area contributed by atoms with Gasteiger partial charge in [-0.2, -0.15) is 0 Å². The monoisotopic (exact) mass is 532 g/mol. The summed E-state index contributed by atoms with van der Waals surface area (Å²) in [6.07, 6.45) is -1.60. The highest BCUT2D eigenvalue weighted by molar-refractivity contribution is 6.32. The van der Waals surface area contributed by atoms with Gasteiger partial charge in [-0.05, 0) is 32.4 Å². The van der Waals surface area contributed by atoms with E-state index in [1.165, 1.54) is 12.1 Å². The van der Waals surface area contributed by atoms with Crippen LogP contribution >= 0.6 is 11.6 Å². The van der Waals surface area contributed by atoms with Crippen LogP contribution < -0.4 is 11.1 Å². The fourth-order valence-electron chi connectivity index (χ4n) is 3.81. The zero-order valence-electron chi connectivity index (χ0n) is 20.7. The topological polar surface area (TPSA) is 154 Å². The lowest BCUT2D eigenvalue weighted by atomic mass is 10.0. The molecule has 12 heteroatoms. The number of nitrogens with one attached hydrogen (secondary N) is 1. The Balaban J connectivity index is 1.93. The molecular weight excluding hydrogens is 504 g/mol. The third-order valence-electron chi connectivity index (χ3n) is 5.43. The van der Waals surface area contributed by atoms with Gasteiger partial charge in [0.25, 0.3) is 5.69 Å². The van der Waals surface area contributed by atoms with Crippen LogP contribution in [0.5, 0.6) is 0 Å². The Bertz CT molecular complexity index is 1170. The number of ether oxygens (including phenoxy) is 2. The van der Waals surface area contributed by atoms with Crippen molar-refractivity contribution in [2.24, 2.45) is 5.73 Å². The van der Waals surface area contributed by atoms with Crippen LogP contribution in [0.25, 0.3) is 0 Å². The molecule has 1 saturated heterocycles. The first kappa shape index (κ1) is 28.0. The van der Waals surface area contributed by atoms with Gasteiger partial charge in [-0.3, -0.25) is 19.7 Å². The number of nitrogens with zero attached hydrogens (tertiary/aromatic N) is 2. The third kappa shape index (κ3) is 7.25. The molecule has 2 amide bonds. The molecule has 2 aromatic carbocycles. The van der Waals surface area contributed by atoms with Gasteiger partial charge < -0.3 is 25.4 Å². The molecule has 0 aliphatic carbocycles. The van der Waals surface area contributed by atoms with Crippen LogP contribution in [-0.2, 0) is 30.5 Å². The molecule has 0 spiro atoms. The molecule has 1 fully saturated rings. The van der Waals surface area contributed by atoms with E-state index >= 15 is 0 Å². The second-order valence-electron chi connectivity index (χ2n) is 9.54. The number of hydrogen-bond acceptors (Lipinski definition) is 8. The minimum atomic E-state index is -1.32. The number of rotatable bonds is 8. The molecule has 1 heterocycles. The molecule has 198 valence electrons. The number of halogens is 1. The summed E-state index contributed by atoms with van der Waals surface area (Å²) < 4.78 is 11.1. The average Bonchev–Trinajstić information content (AvgIpc) is 2.82. The molecule has 0 saturated carbocycles. The van der Waals surface area contributed by atoms with E-state index in [0.29, 0.717) is 0 Å². The number of nitro groups is 1. The van der Waals surface area contributed by atoms with E-state index in [-0.39, 0.29) is 30.2 Å². The van der Waals surface area contributed by atoms with E-state index in [9.17, 15) is 24.5 Å². The van der Waals surface area contributed by atoms with Gasteiger partial charge in [-0.1, -0.05) is 48.0 Å². The largest absolute Gasteiger partial charge is 0.458 e. The second kappa shape index (κ2) is 11.7. The molecule has 37 heavy (non-hydrogen) atoms. The lowest BCUT2D eigenvalue weighted by Gasteiger charge is -2.42. The van der Waals surface area contributed by atoms with Crippen LogP contribution in [-0.4, -0.2) is 51.9 Å². The minimum absolute atomic E-state index is 0.122. The molecule has 3 atom stereocenters. The van der Waals surface area contributed by atoms with Crippen LogP contribution in [0.1, 0.15) is 44.5 Å². The van der Waals surface area contributed by atoms with Crippen LogP contribution in [0.2, 0.25) is 5.02 Å². The van der Waals surface area contributed by atoms with Crippen molar-refractivity contribution < 1.29 is 28.8 Å². The highest BCUT2D eigenvalue weighted by atomic mass is 35.5. The molecule has 1 aliphatic rings. The van der Waals surface area contributed by atoms with Crippen molar-refractivity contribution in [1.29, 1.82) is 0 Å². The number of benzene rings is 2. The van der Waals surface area contributed by atoms with Crippen molar-refractivity contribution in [3.05, 3.63) is 74.8 Å². The average molecular weight is 533 g/mol. The standard InChI is InChI=1S/C25H29ClN4O7/c1-25(2,3)37-24(33)20-12-21(31)28-22(16-9-10-17(26)19(11-16)30(34)35)29(20)23(32)18(27)14-36-13-15-7-5-4-6-8-15/h4-11,18,20,22H,12-14,27H2,1-3H3,(H,28,31)/t18-,20-,22-/m0/s1. The first-order valence-electron chi connectivity index (χ1n) is 11.5. The highest BCUT2D eigenvalue weighted by Gasteiger charge is 2.45. The zero-order chi connectivity index (χ0) is 27.3. The van der Waals surface area contributed by atoms with Crippen molar-refractivity contribution in [2.45, 2.75) is 57.6 Å². The Kier molecular flexibility index (Phi) is 8.85. The van der Waals surface area contributed by atoms with E-state index in [1.807, 2.05) is 30.3 Å². The second-order valence-corrected chi connectivity index (χ2v) is 9.95. The molecule has 2 aromatic rings. The van der Waals surface area contributed by atoms with Gasteiger partial charge in [0.2, 0.25) is 11.8 Å². The molecule has 3 N–H and O–H groups in total. The number of carbonyl (C=O) groups excluding carboxylic acids is 3. The Morgan fingerprint density at radius 2 is 1.92 bits per heavy atom. The number of carbonyl (C=O) groups is 3. The summed E-state index contributed by atoms with van der Waals surface area (Å²) in [5.74, 6) is -2.05. The number of esters is 1. The lowest BCUT2D eigenvalue weighted by molar-refractivity contribution is -0.384. The Hall–Kier alpha value is -3.54. The number of nitro benzene ring substituents is 1. The quantitative estimate of drug-likeness (QED) is 0.299. The number of nitrogens with two attached hydrogens (primary N) is 1. The van der Waals surface area contributed by atoms with Gasteiger partial charge >= 0.3 is 5.97 Å². The van der Waals surface area contributed by atoms with E-state index in [0.717, 1.165) is 16.5 Å². The Morgan fingerprint density at radius 1 is 1.24 bits per heavy atom. The summed E-state index contributed by atoms with van der Waals surface area (Å²) in [7, 11) is 0. The molecule has 0 aromatic heterocycles. The van der Waals surface area contributed by atoms with Crippen molar-refractivity contribution in [3.63, 3.8) is 0 Å².